The molecule has 0 saturated heterocycles. The summed E-state index contributed by atoms with van der Waals surface area (Å²) >= 11 is 0. The largest absolute Gasteiger partial charge is 0.273 e. The molecular weight excluding hydrogens is 166 g/mol. The third kappa shape index (κ3) is 3.66. The highest BCUT2D eigenvalue weighted by Crippen LogP contribution is 2.03. The van der Waals surface area contributed by atoms with Gasteiger partial charge in [0.1, 0.15) is 5.82 Å². The molecule has 4 nitrogen and oxygen atoms in total. The molecule has 0 fully saturated rings. The zero-order valence-corrected chi connectivity index (χ0v) is 8.19. The molecule has 1 aromatic rings. The number of rotatable bonds is 1. The van der Waals surface area contributed by atoms with Crippen LogP contribution >= 0.6 is 0 Å². The summed E-state index contributed by atoms with van der Waals surface area (Å²) in [6, 6.07) is 5.20. The molecule has 72 valence electrons. The van der Waals surface area contributed by atoms with E-state index in [1.165, 1.54) is 6.92 Å². The van der Waals surface area contributed by atoms with Gasteiger partial charge in [-0.05, 0) is 12.1 Å². The van der Waals surface area contributed by atoms with E-state index in [-0.39, 0.29) is 5.91 Å². The third-order valence-electron chi connectivity index (χ3n) is 1.24. The molecule has 0 spiro atoms. The van der Waals surface area contributed by atoms with Gasteiger partial charge in [-0.15, -0.1) is 0 Å². The number of carbonyl (C=O) groups is 1. The van der Waals surface area contributed by atoms with Crippen molar-refractivity contribution >= 4 is 11.7 Å². The van der Waals surface area contributed by atoms with E-state index >= 15 is 0 Å². The summed E-state index contributed by atoms with van der Waals surface area (Å²) in [6.45, 7) is 5.38. The number of anilines is 1. The Labute approximate surface area is 78.3 Å². The topological polar surface area (TPSA) is 59.2 Å². The van der Waals surface area contributed by atoms with E-state index in [2.05, 4.69) is 4.98 Å². The predicted molar refractivity (Wildman–Crippen MR) is 52.9 cm³/mol. The molecule has 0 aliphatic heterocycles. The van der Waals surface area contributed by atoms with Gasteiger partial charge in [0, 0.05) is 13.1 Å². The average Bonchev–Trinajstić information content (AvgIpc) is 2.21. The Bertz CT molecular complexity index is 248. The molecule has 1 heterocycles. The lowest BCUT2D eigenvalue weighted by Crippen LogP contribution is -2.35. The number of amides is 1. The molecule has 0 aromatic carbocycles. The minimum Gasteiger partial charge on any atom is -0.273 e. The second kappa shape index (κ2) is 6.14. The van der Waals surface area contributed by atoms with Crippen molar-refractivity contribution < 1.29 is 4.79 Å². The molecule has 0 aliphatic rings. The number of nitrogens with zero attached hydrogens (tertiary/aromatic N) is 2. The standard InChI is InChI=1S/C7H9N3O.C2H6/c1-6(11)10(8)7-4-2-3-5-9-7;1-2/h2-5H,8H2,1H3;1-2H3. The van der Waals surface area contributed by atoms with Gasteiger partial charge in [-0.2, -0.15) is 0 Å². The first-order valence-corrected chi connectivity index (χ1v) is 4.18. The van der Waals surface area contributed by atoms with Crippen LogP contribution in [0.3, 0.4) is 0 Å². The van der Waals surface area contributed by atoms with Crippen molar-refractivity contribution in [1.29, 1.82) is 0 Å². The first-order chi connectivity index (χ1) is 6.22. The monoisotopic (exact) mass is 181 g/mol. The number of aromatic nitrogens is 1. The summed E-state index contributed by atoms with van der Waals surface area (Å²) < 4.78 is 0. The van der Waals surface area contributed by atoms with Crippen molar-refractivity contribution in [1.82, 2.24) is 4.98 Å². The molecule has 0 saturated carbocycles. The normalized spacial score (nSPS) is 8.31. The van der Waals surface area contributed by atoms with Gasteiger partial charge in [-0.3, -0.25) is 4.79 Å². The smallest absolute Gasteiger partial charge is 0.239 e. The van der Waals surface area contributed by atoms with Crippen molar-refractivity contribution in [2.75, 3.05) is 5.01 Å². The maximum absolute atomic E-state index is 10.7. The Morgan fingerprint density at radius 2 is 2.08 bits per heavy atom. The highest BCUT2D eigenvalue weighted by molar-refractivity contribution is 5.88. The Morgan fingerprint density at radius 1 is 1.46 bits per heavy atom. The molecule has 4 heteroatoms. The van der Waals surface area contributed by atoms with Crippen LogP contribution in [0.5, 0.6) is 0 Å². The molecule has 1 amide bonds. The Balaban J connectivity index is 0.000000671. The summed E-state index contributed by atoms with van der Waals surface area (Å²) in [5.74, 6) is 5.58. The molecule has 0 bridgehead atoms. The Morgan fingerprint density at radius 3 is 2.46 bits per heavy atom. The van der Waals surface area contributed by atoms with Gasteiger partial charge in [-0.25, -0.2) is 15.8 Å². The maximum Gasteiger partial charge on any atom is 0.239 e. The van der Waals surface area contributed by atoms with E-state index in [9.17, 15) is 4.79 Å². The van der Waals surface area contributed by atoms with Crippen LogP contribution < -0.4 is 10.9 Å². The van der Waals surface area contributed by atoms with Crippen LogP contribution in [0.15, 0.2) is 24.4 Å². The second-order valence-corrected chi connectivity index (χ2v) is 2.08. The summed E-state index contributed by atoms with van der Waals surface area (Å²) in [6.07, 6.45) is 1.58. The lowest BCUT2D eigenvalue weighted by molar-refractivity contribution is -0.116. The Kier molecular flexibility index (Phi) is 5.47. The lowest BCUT2D eigenvalue weighted by atomic mass is 10.4. The zero-order valence-electron chi connectivity index (χ0n) is 8.19. The molecule has 0 atom stereocenters. The SMILES string of the molecule is CC.CC(=O)N(N)c1ccccn1. The molecule has 1 aromatic heterocycles. The highest BCUT2D eigenvalue weighted by Gasteiger charge is 2.04. The predicted octanol–water partition coefficient (Wildman–Crippen LogP) is 1.33. The van der Waals surface area contributed by atoms with Gasteiger partial charge in [0.05, 0.1) is 0 Å². The first kappa shape index (κ1) is 11.6. The molecule has 0 aliphatic carbocycles. The fourth-order valence-electron chi connectivity index (χ4n) is 0.658. The minimum atomic E-state index is -0.233. The fourth-order valence-corrected chi connectivity index (χ4v) is 0.658. The minimum absolute atomic E-state index is 0.233. The number of hydrogen-bond donors (Lipinski definition) is 1. The number of nitrogens with two attached hydrogens (primary N) is 1. The molecule has 1 rings (SSSR count). The molecule has 0 unspecified atom stereocenters. The average molecular weight is 181 g/mol. The van der Waals surface area contributed by atoms with Gasteiger partial charge in [0.15, 0.2) is 0 Å². The van der Waals surface area contributed by atoms with E-state index in [0.29, 0.717) is 5.82 Å². The second-order valence-electron chi connectivity index (χ2n) is 2.08. The van der Waals surface area contributed by atoms with Crippen molar-refractivity contribution in [2.45, 2.75) is 20.8 Å². The van der Waals surface area contributed by atoms with Crippen molar-refractivity contribution in [2.24, 2.45) is 5.84 Å². The number of carbonyl (C=O) groups excluding carboxylic acids is 1. The molecule has 13 heavy (non-hydrogen) atoms. The van der Waals surface area contributed by atoms with Gasteiger partial charge in [0.25, 0.3) is 0 Å². The van der Waals surface area contributed by atoms with E-state index < -0.39 is 0 Å². The van der Waals surface area contributed by atoms with Crippen LogP contribution in [0.4, 0.5) is 5.82 Å². The highest BCUT2D eigenvalue weighted by atomic mass is 16.2. The Hall–Kier alpha value is -1.42. The van der Waals surface area contributed by atoms with Crippen molar-refractivity contribution in [3.05, 3.63) is 24.4 Å². The summed E-state index contributed by atoms with van der Waals surface area (Å²) in [7, 11) is 0. The number of hydrogen-bond acceptors (Lipinski definition) is 3. The quantitative estimate of drug-likeness (QED) is 0.404. The van der Waals surface area contributed by atoms with Crippen LogP contribution in [0.1, 0.15) is 20.8 Å². The summed E-state index contributed by atoms with van der Waals surface area (Å²) in [4.78, 5) is 14.6. The van der Waals surface area contributed by atoms with Crippen LogP contribution in [0, 0.1) is 0 Å². The van der Waals surface area contributed by atoms with Crippen LogP contribution in [-0.2, 0) is 4.79 Å². The number of pyridine rings is 1. The molecular formula is C9H15N3O. The van der Waals surface area contributed by atoms with Gasteiger partial charge in [0.2, 0.25) is 5.91 Å². The van der Waals surface area contributed by atoms with Crippen molar-refractivity contribution in [3.63, 3.8) is 0 Å². The van der Waals surface area contributed by atoms with E-state index in [1.54, 1.807) is 24.4 Å². The molecule has 2 N–H and O–H groups in total. The van der Waals surface area contributed by atoms with E-state index in [1.807, 2.05) is 13.8 Å². The first-order valence-electron chi connectivity index (χ1n) is 4.18. The van der Waals surface area contributed by atoms with E-state index in [4.69, 9.17) is 5.84 Å². The van der Waals surface area contributed by atoms with Gasteiger partial charge >= 0.3 is 0 Å². The fraction of sp³-hybridized carbons (Fsp3) is 0.333. The van der Waals surface area contributed by atoms with Crippen LogP contribution in [0.25, 0.3) is 0 Å². The summed E-state index contributed by atoms with van der Waals surface area (Å²) in [5, 5.41) is 1.000. The van der Waals surface area contributed by atoms with Crippen LogP contribution in [-0.4, -0.2) is 10.9 Å². The van der Waals surface area contributed by atoms with Crippen molar-refractivity contribution in [3.8, 4) is 0 Å². The maximum atomic E-state index is 10.7. The zero-order chi connectivity index (χ0) is 10.3. The lowest BCUT2D eigenvalue weighted by Gasteiger charge is -2.11. The van der Waals surface area contributed by atoms with Gasteiger partial charge in [-0.1, -0.05) is 19.9 Å². The summed E-state index contributed by atoms with van der Waals surface area (Å²) in [5.41, 5.74) is 0. The van der Waals surface area contributed by atoms with Gasteiger partial charge < -0.3 is 0 Å². The third-order valence-corrected chi connectivity index (χ3v) is 1.24. The van der Waals surface area contributed by atoms with E-state index in [0.717, 1.165) is 5.01 Å². The van der Waals surface area contributed by atoms with Crippen LogP contribution in [0.2, 0.25) is 0 Å². The molecule has 0 radical (unpaired) electrons. The number of hydrazine groups is 1.